The molecule has 0 saturated carbocycles. The van der Waals surface area contributed by atoms with Gasteiger partial charge in [-0.15, -0.1) is 0 Å². The maximum absolute atomic E-state index is 14.3. The summed E-state index contributed by atoms with van der Waals surface area (Å²) in [4.78, 5) is 37.0. The summed E-state index contributed by atoms with van der Waals surface area (Å²) in [6.45, 7) is 2.19. The van der Waals surface area contributed by atoms with E-state index in [1.54, 1.807) is 0 Å². The van der Waals surface area contributed by atoms with E-state index in [1.807, 2.05) is 0 Å². The second kappa shape index (κ2) is 11.1. The highest BCUT2D eigenvalue weighted by Crippen LogP contribution is 2.25. The number of Topliss-reactive ketones (excluding diaryl/α,β-unsaturated/α-hetero) is 2. The number of amides is 1. The van der Waals surface area contributed by atoms with Crippen LogP contribution in [-0.2, 0) is 14.4 Å². The Morgan fingerprint density at radius 1 is 1.03 bits per heavy atom. The Morgan fingerprint density at radius 3 is 2.10 bits per heavy atom. The zero-order valence-corrected chi connectivity index (χ0v) is 17.5. The average molecular weight is 448 g/mol. The first-order chi connectivity index (χ1) is 14.4. The normalized spacial score (nSPS) is 12.6. The number of halogens is 5. The number of carbonyl (C=O) groups is 3. The van der Waals surface area contributed by atoms with Gasteiger partial charge in [-0.05, 0) is 11.6 Å². The third kappa shape index (κ3) is 7.23. The van der Waals surface area contributed by atoms with E-state index >= 15 is 0 Å². The van der Waals surface area contributed by atoms with Gasteiger partial charge in [0.15, 0.2) is 28.7 Å². The third-order valence-corrected chi connectivity index (χ3v) is 4.58. The average Bonchev–Trinajstić information content (AvgIpc) is 2.69. The summed E-state index contributed by atoms with van der Waals surface area (Å²) in [6, 6.07) is 3.20. The summed E-state index contributed by atoms with van der Waals surface area (Å²) in [5, 5.41) is 4.45. The summed E-state index contributed by atoms with van der Waals surface area (Å²) in [5.74, 6) is -4.36. The van der Waals surface area contributed by atoms with Crippen LogP contribution in [0.25, 0.3) is 5.57 Å². The van der Waals surface area contributed by atoms with E-state index in [0.717, 1.165) is 13.0 Å². The first kappa shape index (κ1) is 26.4. The lowest BCUT2D eigenvalue weighted by Crippen LogP contribution is -2.59. The molecule has 2 N–H and O–H groups in total. The van der Waals surface area contributed by atoms with Crippen LogP contribution >= 0.6 is 0 Å². The zero-order valence-electron chi connectivity index (χ0n) is 17.5. The Hall–Kier alpha value is -2.62. The Kier molecular flexibility index (Phi) is 9.48. The van der Waals surface area contributed by atoms with Gasteiger partial charge in [0.05, 0.1) is 6.54 Å². The first-order valence-corrected chi connectivity index (χ1v) is 9.64. The van der Waals surface area contributed by atoms with Gasteiger partial charge in [0, 0.05) is 38.3 Å². The lowest BCUT2D eigenvalue weighted by molar-refractivity contribution is -0.140. The van der Waals surface area contributed by atoms with Gasteiger partial charge in [-0.25, -0.2) is 8.78 Å². The number of ketones is 2. The highest BCUT2D eigenvalue weighted by molar-refractivity contribution is 6.13. The quantitative estimate of drug-likeness (QED) is 0.400. The molecule has 10 heteroatoms. The van der Waals surface area contributed by atoms with E-state index in [1.165, 1.54) is 32.1 Å². The molecule has 0 saturated heterocycles. The molecule has 0 aliphatic rings. The summed E-state index contributed by atoms with van der Waals surface area (Å²) in [6.07, 6.45) is -3.99. The number of carbonyl (C=O) groups excluding carboxylic acids is 3. The monoisotopic (exact) mass is 448 g/mol. The number of alkyl halides is 3. The van der Waals surface area contributed by atoms with E-state index in [0.29, 0.717) is 0 Å². The number of hydrogen-bond donors (Lipinski definition) is 2. The molecular formula is C21H25F5N2O3. The second-order valence-corrected chi connectivity index (χ2v) is 6.89. The predicted molar refractivity (Wildman–Crippen MR) is 105 cm³/mol. The Bertz CT molecular complexity index is 834. The van der Waals surface area contributed by atoms with Crippen molar-refractivity contribution in [2.75, 3.05) is 13.1 Å². The molecule has 0 atom stereocenters. The van der Waals surface area contributed by atoms with E-state index in [9.17, 15) is 36.3 Å². The molecular weight excluding hydrogens is 423 g/mol. The van der Waals surface area contributed by atoms with Crippen LogP contribution in [0.15, 0.2) is 24.3 Å². The van der Waals surface area contributed by atoms with Gasteiger partial charge < -0.3 is 10.6 Å². The first-order valence-electron chi connectivity index (χ1n) is 9.64. The van der Waals surface area contributed by atoms with Crippen molar-refractivity contribution in [2.24, 2.45) is 0 Å². The molecule has 1 rings (SSSR count). The van der Waals surface area contributed by atoms with Crippen LogP contribution in [0.5, 0.6) is 0 Å². The second-order valence-electron chi connectivity index (χ2n) is 6.89. The molecule has 0 unspecified atom stereocenters. The molecule has 1 aromatic rings. The van der Waals surface area contributed by atoms with Gasteiger partial charge in [-0.3, -0.25) is 14.4 Å². The SMILES string of the molecule is CCC(=O)C(CC=C(CNCC(F)(F)F)c1cccc(F)c1F)(NC(C)=O)C(=O)CC. The largest absolute Gasteiger partial charge is 0.401 e. The standard InChI is InChI=1S/C21H25F5N2O3/c1-4-17(30)20(18(31)5-2,28-13(3)29)10-9-14(11-27-12-21(24,25)26)15-7-6-8-16(22)19(15)23/h6-9,27H,4-5,10-12H2,1-3H3,(H,28,29). The summed E-state index contributed by atoms with van der Waals surface area (Å²) >= 11 is 0. The Morgan fingerprint density at radius 2 is 1.61 bits per heavy atom. The minimum atomic E-state index is -4.54. The molecule has 0 aliphatic heterocycles. The fourth-order valence-corrected chi connectivity index (χ4v) is 3.12. The minimum absolute atomic E-state index is 0.0937. The van der Waals surface area contributed by atoms with Crippen molar-refractivity contribution in [3.05, 3.63) is 41.5 Å². The number of rotatable bonds is 11. The number of hydrogen-bond acceptors (Lipinski definition) is 4. The summed E-state index contributed by atoms with van der Waals surface area (Å²) < 4.78 is 65.6. The maximum atomic E-state index is 14.3. The number of nitrogens with one attached hydrogen (secondary N) is 2. The van der Waals surface area contributed by atoms with Crippen molar-refractivity contribution >= 4 is 23.0 Å². The highest BCUT2D eigenvalue weighted by Gasteiger charge is 2.43. The van der Waals surface area contributed by atoms with Gasteiger partial charge in [-0.2, -0.15) is 13.2 Å². The van der Waals surface area contributed by atoms with Gasteiger partial charge in [0.25, 0.3) is 0 Å². The van der Waals surface area contributed by atoms with Crippen LogP contribution in [0.3, 0.4) is 0 Å². The van der Waals surface area contributed by atoms with Crippen molar-refractivity contribution in [1.82, 2.24) is 10.6 Å². The van der Waals surface area contributed by atoms with Crippen LogP contribution < -0.4 is 10.6 Å². The molecule has 1 amide bonds. The predicted octanol–water partition coefficient (Wildman–Crippen LogP) is 3.72. The van der Waals surface area contributed by atoms with Crippen LogP contribution in [0, 0.1) is 11.6 Å². The molecule has 0 aliphatic carbocycles. The van der Waals surface area contributed by atoms with Crippen LogP contribution in [0.4, 0.5) is 22.0 Å². The van der Waals surface area contributed by atoms with Crippen molar-refractivity contribution in [1.29, 1.82) is 0 Å². The maximum Gasteiger partial charge on any atom is 0.401 e. The Balaban J connectivity index is 3.46. The van der Waals surface area contributed by atoms with E-state index in [-0.39, 0.29) is 24.0 Å². The molecule has 5 nitrogen and oxygen atoms in total. The molecule has 0 radical (unpaired) electrons. The van der Waals surface area contributed by atoms with E-state index < -0.39 is 60.3 Å². The molecule has 0 spiro atoms. The van der Waals surface area contributed by atoms with E-state index in [4.69, 9.17) is 0 Å². The van der Waals surface area contributed by atoms with Crippen molar-refractivity contribution in [3.8, 4) is 0 Å². The Labute approximate surface area is 177 Å². The molecule has 0 aromatic heterocycles. The highest BCUT2D eigenvalue weighted by atomic mass is 19.4. The topological polar surface area (TPSA) is 75.3 Å². The van der Waals surface area contributed by atoms with Crippen LogP contribution in [0.1, 0.15) is 45.6 Å². The van der Waals surface area contributed by atoms with Crippen LogP contribution in [0.2, 0.25) is 0 Å². The van der Waals surface area contributed by atoms with Gasteiger partial charge in [0.2, 0.25) is 5.91 Å². The molecule has 172 valence electrons. The summed E-state index contributed by atoms with van der Waals surface area (Å²) in [5.41, 5.74) is -2.36. The molecule has 0 bridgehead atoms. The molecule has 0 heterocycles. The molecule has 31 heavy (non-hydrogen) atoms. The minimum Gasteiger partial charge on any atom is -0.337 e. The van der Waals surface area contributed by atoms with Crippen molar-refractivity contribution in [3.63, 3.8) is 0 Å². The molecule has 0 fully saturated rings. The van der Waals surface area contributed by atoms with Gasteiger partial charge in [-0.1, -0.05) is 32.1 Å². The molecule has 1 aromatic carbocycles. The van der Waals surface area contributed by atoms with E-state index in [2.05, 4.69) is 10.6 Å². The van der Waals surface area contributed by atoms with Gasteiger partial charge >= 0.3 is 6.18 Å². The van der Waals surface area contributed by atoms with Crippen molar-refractivity contribution in [2.45, 2.75) is 51.7 Å². The van der Waals surface area contributed by atoms with Gasteiger partial charge in [0.1, 0.15) is 0 Å². The number of benzene rings is 1. The van der Waals surface area contributed by atoms with Crippen LogP contribution in [-0.4, -0.2) is 42.3 Å². The fourth-order valence-electron chi connectivity index (χ4n) is 3.12. The van der Waals surface area contributed by atoms with Crippen molar-refractivity contribution < 1.29 is 36.3 Å². The fraction of sp³-hybridized carbons (Fsp3) is 0.476. The third-order valence-electron chi connectivity index (χ3n) is 4.58. The zero-order chi connectivity index (χ0) is 23.8. The lowest BCUT2D eigenvalue weighted by atomic mass is 9.81. The smallest absolute Gasteiger partial charge is 0.337 e. The summed E-state index contributed by atoms with van der Waals surface area (Å²) in [7, 11) is 0. The lowest BCUT2D eigenvalue weighted by Gasteiger charge is -2.30.